The molecule has 1 saturated carbocycles. The van der Waals surface area contributed by atoms with Gasteiger partial charge in [0.1, 0.15) is 5.75 Å². The summed E-state index contributed by atoms with van der Waals surface area (Å²) in [6.45, 7) is 0.818. The lowest BCUT2D eigenvalue weighted by molar-refractivity contribution is 0.145. The van der Waals surface area contributed by atoms with Gasteiger partial charge < -0.3 is 10.5 Å². The number of rotatable bonds is 4. The highest BCUT2D eigenvalue weighted by Crippen LogP contribution is 2.42. The maximum absolute atomic E-state index is 5.85. The summed E-state index contributed by atoms with van der Waals surface area (Å²) in [5.74, 6) is 0.925. The molecule has 0 amide bonds. The Morgan fingerprint density at radius 1 is 1.25 bits per heavy atom. The van der Waals surface area contributed by atoms with Crippen molar-refractivity contribution in [1.82, 2.24) is 0 Å². The van der Waals surface area contributed by atoms with Gasteiger partial charge in [0.15, 0.2) is 0 Å². The van der Waals surface area contributed by atoms with E-state index in [0.717, 1.165) is 18.7 Å². The van der Waals surface area contributed by atoms with Crippen LogP contribution < -0.4 is 10.5 Å². The van der Waals surface area contributed by atoms with Crippen LogP contribution in [0.4, 0.5) is 0 Å². The molecule has 3 heteroatoms. The molecule has 0 unspecified atom stereocenters. The Kier molecular flexibility index (Phi) is 4.63. The fourth-order valence-corrected chi connectivity index (χ4v) is 2.31. The van der Waals surface area contributed by atoms with Gasteiger partial charge in [0.2, 0.25) is 0 Å². The SMILES string of the molecule is COc1ccc(CC2(CN)CCC2)cc1.Cl. The molecule has 16 heavy (non-hydrogen) atoms. The van der Waals surface area contributed by atoms with E-state index in [2.05, 4.69) is 12.1 Å². The average Bonchev–Trinajstić information content (AvgIpc) is 2.24. The van der Waals surface area contributed by atoms with Crippen LogP contribution in [0.2, 0.25) is 0 Å². The minimum atomic E-state index is 0. The molecule has 1 aromatic rings. The number of halogens is 1. The topological polar surface area (TPSA) is 35.2 Å². The molecule has 0 aromatic heterocycles. The number of hydrogen-bond donors (Lipinski definition) is 1. The van der Waals surface area contributed by atoms with Crippen molar-refractivity contribution in [3.8, 4) is 5.75 Å². The van der Waals surface area contributed by atoms with E-state index in [-0.39, 0.29) is 12.4 Å². The zero-order valence-electron chi connectivity index (χ0n) is 9.74. The zero-order chi connectivity index (χ0) is 10.7. The molecule has 0 spiro atoms. The molecule has 0 saturated heterocycles. The van der Waals surface area contributed by atoms with Crippen molar-refractivity contribution in [2.24, 2.45) is 11.1 Å². The molecule has 1 aromatic carbocycles. The van der Waals surface area contributed by atoms with Gasteiger partial charge in [-0.15, -0.1) is 12.4 Å². The molecule has 2 nitrogen and oxygen atoms in total. The van der Waals surface area contributed by atoms with Crippen molar-refractivity contribution in [3.05, 3.63) is 29.8 Å². The Morgan fingerprint density at radius 3 is 2.25 bits per heavy atom. The first-order valence-corrected chi connectivity index (χ1v) is 5.61. The standard InChI is InChI=1S/C13H19NO.ClH/c1-15-12-5-3-11(4-6-12)9-13(10-14)7-2-8-13;/h3-6H,2,7-10,14H2,1H3;1H. The lowest BCUT2D eigenvalue weighted by Gasteiger charge is -2.41. The van der Waals surface area contributed by atoms with Crippen molar-refractivity contribution in [2.45, 2.75) is 25.7 Å². The van der Waals surface area contributed by atoms with E-state index in [4.69, 9.17) is 10.5 Å². The minimum absolute atomic E-state index is 0. The molecular weight excluding hydrogens is 222 g/mol. The molecule has 0 bridgehead atoms. The summed E-state index contributed by atoms with van der Waals surface area (Å²) in [7, 11) is 1.70. The Morgan fingerprint density at radius 2 is 1.88 bits per heavy atom. The normalized spacial score (nSPS) is 17.1. The predicted molar refractivity (Wildman–Crippen MR) is 69.3 cm³/mol. The molecule has 0 aliphatic heterocycles. The first-order chi connectivity index (χ1) is 7.28. The molecule has 1 aliphatic rings. The predicted octanol–water partition coefficient (Wildman–Crippen LogP) is 2.79. The number of ether oxygens (including phenoxy) is 1. The van der Waals surface area contributed by atoms with Crippen LogP contribution in [0.25, 0.3) is 0 Å². The van der Waals surface area contributed by atoms with Crippen LogP contribution in [0.15, 0.2) is 24.3 Å². The number of methoxy groups -OCH3 is 1. The van der Waals surface area contributed by atoms with Gasteiger partial charge in [0.05, 0.1) is 7.11 Å². The van der Waals surface area contributed by atoms with Crippen LogP contribution in [0.3, 0.4) is 0 Å². The summed E-state index contributed by atoms with van der Waals surface area (Å²) in [6.07, 6.45) is 5.03. The molecule has 0 atom stereocenters. The molecule has 0 radical (unpaired) electrons. The van der Waals surface area contributed by atoms with E-state index >= 15 is 0 Å². The third-order valence-corrected chi connectivity index (χ3v) is 3.59. The van der Waals surface area contributed by atoms with Crippen LogP contribution in [-0.4, -0.2) is 13.7 Å². The quantitative estimate of drug-likeness (QED) is 0.880. The van der Waals surface area contributed by atoms with Crippen LogP contribution in [0.1, 0.15) is 24.8 Å². The lowest BCUT2D eigenvalue weighted by atomic mass is 9.65. The Balaban J connectivity index is 0.00000128. The summed E-state index contributed by atoms with van der Waals surface area (Å²) in [6, 6.07) is 8.35. The Hall–Kier alpha value is -0.730. The van der Waals surface area contributed by atoms with Gasteiger partial charge in [-0.2, -0.15) is 0 Å². The molecular formula is C13H20ClNO. The summed E-state index contributed by atoms with van der Waals surface area (Å²) < 4.78 is 5.14. The van der Waals surface area contributed by atoms with Crippen molar-refractivity contribution in [3.63, 3.8) is 0 Å². The Bertz CT molecular complexity index is 314. The fourth-order valence-electron chi connectivity index (χ4n) is 2.31. The lowest BCUT2D eigenvalue weighted by Crippen LogP contribution is -2.39. The smallest absolute Gasteiger partial charge is 0.118 e. The van der Waals surface area contributed by atoms with Gasteiger partial charge in [0.25, 0.3) is 0 Å². The molecule has 2 N–H and O–H groups in total. The van der Waals surface area contributed by atoms with Crippen LogP contribution >= 0.6 is 12.4 Å². The highest BCUT2D eigenvalue weighted by atomic mass is 35.5. The van der Waals surface area contributed by atoms with E-state index < -0.39 is 0 Å². The van der Waals surface area contributed by atoms with Crippen molar-refractivity contribution < 1.29 is 4.74 Å². The highest BCUT2D eigenvalue weighted by molar-refractivity contribution is 5.85. The first kappa shape index (κ1) is 13.3. The van der Waals surface area contributed by atoms with E-state index in [1.54, 1.807) is 7.11 Å². The molecule has 90 valence electrons. The van der Waals surface area contributed by atoms with Gasteiger partial charge >= 0.3 is 0 Å². The highest BCUT2D eigenvalue weighted by Gasteiger charge is 2.35. The second-order valence-electron chi connectivity index (χ2n) is 4.58. The summed E-state index contributed by atoms with van der Waals surface area (Å²) in [5.41, 5.74) is 7.62. The summed E-state index contributed by atoms with van der Waals surface area (Å²) in [5, 5.41) is 0. The van der Waals surface area contributed by atoms with Gasteiger partial charge in [-0.25, -0.2) is 0 Å². The Labute approximate surface area is 104 Å². The number of hydrogen-bond acceptors (Lipinski definition) is 2. The van der Waals surface area contributed by atoms with Crippen molar-refractivity contribution >= 4 is 12.4 Å². The second-order valence-corrected chi connectivity index (χ2v) is 4.58. The third kappa shape index (κ3) is 2.69. The van der Waals surface area contributed by atoms with Crippen LogP contribution in [0.5, 0.6) is 5.75 Å². The van der Waals surface area contributed by atoms with Crippen LogP contribution in [-0.2, 0) is 6.42 Å². The molecule has 0 heterocycles. The number of nitrogens with two attached hydrogens (primary N) is 1. The number of benzene rings is 1. The fraction of sp³-hybridized carbons (Fsp3) is 0.538. The average molecular weight is 242 g/mol. The first-order valence-electron chi connectivity index (χ1n) is 5.61. The summed E-state index contributed by atoms with van der Waals surface area (Å²) >= 11 is 0. The monoisotopic (exact) mass is 241 g/mol. The van der Waals surface area contributed by atoms with E-state index in [1.165, 1.54) is 24.8 Å². The third-order valence-electron chi connectivity index (χ3n) is 3.59. The summed E-state index contributed by atoms with van der Waals surface area (Å²) in [4.78, 5) is 0. The molecule has 1 fully saturated rings. The second kappa shape index (κ2) is 5.55. The van der Waals surface area contributed by atoms with Crippen molar-refractivity contribution in [1.29, 1.82) is 0 Å². The van der Waals surface area contributed by atoms with Crippen molar-refractivity contribution in [2.75, 3.05) is 13.7 Å². The maximum atomic E-state index is 5.85. The molecule has 1 aliphatic carbocycles. The van der Waals surface area contributed by atoms with Gasteiger partial charge in [0, 0.05) is 0 Å². The van der Waals surface area contributed by atoms with E-state index in [1.807, 2.05) is 12.1 Å². The van der Waals surface area contributed by atoms with E-state index in [0.29, 0.717) is 5.41 Å². The van der Waals surface area contributed by atoms with E-state index in [9.17, 15) is 0 Å². The van der Waals surface area contributed by atoms with Gasteiger partial charge in [-0.05, 0) is 48.9 Å². The van der Waals surface area contributed by atoms with Crippen LogP contribution in [0, 0.1) is 5.41 Å². The largest absolute Gasteiger partial charge is 0.497 e. The maximum Gasteiger partial charge on any atom is 0.118 e. The van der Waals surface area contributed by atoms with Gasteiger partial charge in [-0.3, -0.25) is 0 Å². The minimum Gasteiger partial charge on any atom is -0.497 e. The zero-order valence-corrected chi connectivity index (χ0v) is 10.6. The van der Waals surface area contributed by atoms with Gasteiger partial charge in [-0.1, -0.05) is 18.6 Å². The molecule has 2 rings (SSSR count).